The number of carbonyl (C=O) groups is 1. The summed E-state index contributed by atoms with van der Waals surface area (Å²) in [7, 11) is 0. The fraction of sp³-hybridized carbons (Fsp3) is 0.524. The van der Waals surface area contributed by atoms with E-state index in [1.54, 1.807) is 5.38 Å². The summed E-state index contributed by atoms with van der Waals surface area (Å²) >= 11 is 3.78. The minimum atomic E-state index is -0.439. The molecule has 1 aromatic heterocycles. The first-order valence-corrected chi connectivity index (χ1v) is 11.3. The largest absolute Gasteiger partial charge is 0.463 e. The average Bonchev–Trinajstić information content (AvgIpc) is 3.16. The average molecular weight is 517 g/mol. The lowest BCUT2D eigenvalue weighted by molar-refractivity contribution is 0.0282. The molecule has 1 aromatic rings. The van der Waals surface area contributed by atoms with Crippen molar-refractivity contribution >= 4 is 39.9 Å². The lowest BCUT2D eigenvalue weighted by Crippen LogP contribution is -2.22. The number of carbonyl (C=O) groups excluding carboxylic acids is 1. The first-order valence-electron chi connectivity index (χ1n) is 9.39. The van der Waals surface area contributed by atoms with Crippen molar-refractivity contribution in [3.63, 3.8) is 0 Å². The van der Waals surface area contributed by atoms with Crippen molar-refractivity contribution in [2.75, 3.05) is 13.2 Å². The number of hydrogen-bond donors (Lipinski definition) is 0. The van der Waals surface area contributed by atoms with Gasteiger partial charge in [-0.3, -0.25) is 0 Å². The normalized spacial score (nSPS) is 16.9. The summed E-state index contributed by atoms with van der Waals surface area (Å²) in [5.41, 5.74) is -0.0253. The number of alkyl halides is 1. The summed E-state index contributed by atoms with van der Waals surface area (Å²) < 4.78 is 16.4. The lowest BCUT2D eigenvalue weighted by Gasteiger charge is -2.23. The Kier molecular flexibility index (Phi) is 8.27. The molecule has 1 aliphatic rings. The zero-order valence-electron chi connectivity index (χ0n) is 17.1. The van der Waals surface area contributed by atoms with Gasteiger partial charge < -0.3 is 14.2 Å². The number of hydrogen-bond acceptors (Lipinski definition) is 6. The third kappa shape index (κ3) is 6.70. The van der Waals surface area contributed by atoms with E-state index >= 15 is 0 Å². The van der Waals surface area contributed by atoms with Gasteiger partial charge in [0.2, 0.25) is 0 Å². The van der Waals surface area contributed by atoms with Crippen molar-refractivity contribution in [2.24, 2.45) is 0 Å². The third-order valence-corrected chi connectivity index (χ3v) is 6.41. The van der Waals surface area contributed by atoms with Crippen LogP contribution < -0.4 is 0 Å². The van der Waals surface area contributed by atoms with Crippen molar-refractivity contribution < 1.29 is 19.0 Å². The highest BCUT2D eigenvalue weighted by Crippen LogP contribution is 2.36. The molecule has 0 spiro atoms. The number of nitrogens with zero attached hydrogens (tertiary/aromatic N) is 1. The van der Waals surface area contributed by atoms with Gasteiger partial charge in [0.15, 0.2) is 5.69 Å². The van der Waals surface area contributed by atoms with E-state index in [1.807, 2.05) is 45.9 Å². The zero-order chi connectivity index (χ0) is 20.8. The Bertz CT molecular complexity index is 777. The van der Waals surface area contributed by atoms with Crippen LogP contribution in [0.5, 0.6) is 0 Å². The fourth-order valence-electron chi connectivity index (χ4n) is 2.53. The van der Waals surface area contributed by atoms with Crippen LogP contribution in [0.3, 0.4) is 0 Å². The van der Waals surface area contributed by atoms with E-state index in [1.165, 1.54) is 11.3 Å². The van der Waals surface area contributed by atoms with Crippen LogP contribution in [0.25, 0.3) is 0 Å². The van der Waals surface area contributed by atoms with Crippen LogP contribution in [0.4, 0.5) is 0 Å². The molecule has 0 saturated heterocycles. The van der Waals surface area contributed by atoms with Crippen molar-refractivity contribution in [3.8, 4) is 0 Å². The monoisotopic (exact) mass is 517 g/mol. The predicted octanol–water partition coefficient (Wildman–Crippen LogP) is 5.92. The molecular weight excluding hydrogens is 489 g/mol. The number of allylic oxidation sites excluding steroid dienone is 4. The molecule has 0 aromatic carbocycles. The quantitative estimate of drug-likeness (QED) is 0.176. The van der Waals surface area contributed by atoms with Gasteiger partial charge in [0.05, 0.1) is 14.8 Å². The highest BCUT2D eigenvalue weighted by atomic mass is 127. The Labute approximate surface area is 185 Å². The summed E-state index contributed by atoms with van der Waals surface area (Å²) in [6.45, 7) is 10.9. The van der Waals surface area contributed by atoms with Gasteiger partial charge in [0.1, 0.15) is 17.4 Å². The maximum absolute atomic E-state index is 12.4. The minimum absolute atomic E-state index is 0.118. The van der Waals surface area contributed by atoms with E-state index in [9.17, 15) is 4.79 Å². The first kappa shape index (κ1) is 23.1. The van der Waals surface area contributed by atoms with Crippen LogP contribution in [0, 0.1) is 0 Å². The third-order valence-electron chi connectivity index (χ3n) is 4.09. The van der Waals surface area contributed by atoms with E-state index in [0.717, 1.165) is 23.6 Å². The second-order valence-corrected chi connectivity index (χ2v) is 10.2. The molecule has 1 unspecified atom stereocenters. The van der Waals surface area contributed by atoms with Crippen LogP contribution in [-0.4, -0.2) is 29.8 Å². The molecule has 0 amide bonds. The lowest BCUT2D eigenvalue weighted by atomic mass is 10.1. The number of rotatable bonds is 9. The van der Waals surface area contributed by atoms with E-state index < -0.39 is 5.97 Å². The van der Waals surface area contributed by atoms with Crippen LogP contribution in [0.2, 0.25) is 0 Å². The molecule has 5 nitrogen and oxygen atoms in total. The second kappa shape index (κ2) is 10.0. The first-order chi connectivity index (χ1) is 13.2. The number of ether oxygens (including phenoxy) is 3. The van der Waals surface area contributed by atoms with Crippen molar-refractivity contribution in [1.29, 1.82) is 0 Å². The summed E-state index contributed by atoms with van der Waals surface area (Å²) in [6, 6.07) is 0. The topological polar surface area (TPSA) is 57.7 Å². The summed E-state index contributed by atoms with van der Waals surface area (Å²) in [4.78, 5) is 16.9. The smallest absolute Gasteiger partial charge is 0.358 e. The maximum atomic E-state index is 12.4. The standard InChI is InChI=1S/C21H28INO4S/c1-6-15-9-8-10-16(27-15)13-25-18(24)17-14-28-19(23-17)21(5,22)12-11-20(3,4)26-7-2/h9-12,14H,6-8,13H2,1-5H3/b12-11-. The Hall–Kier alpha value is -1.19. The molecule has 7 heteroatoms. The Morgan fingerprint density at radius 1 is 1.29 bits per heavy atom. The number of esters is 1. The number of halogens is 1. The molecule has 0 N–H and O–H groups in total. The van der Waals surface area contributed by atoms with Gasteiger partial charge in [-0.25, -0.2) is 9.78 Å². The highest BCUT2D eigenvalue weighted by molar-refractivity contribution is 14.1. The van der Waals surface area contributed by atoms with Crippen LogP contribution in [0.15, 0.2) is 41.2 Å². The van der Waals surface area contributed by atoms with Gasteiger partial charge in [-0.1, -0.05) is 41.7 Å². The molecule has 0 aliphatic carbocycles. The molecule has 0 bridgehead atoms. The van der Waals surface area contributed by atoms with Gasteiger partial charge in [-0.15, -0.1) is 11.3 Å². The molecule has 1 aliphatic heterocycles. The van der Waals surface area contributed by atoms with Gasteiger partial charge in [0.25, 0.3) is 0 Å². The van der Waals surface area contributed by atoms with Crippen molar-refractivity contribution in [3.05, 3.63) is 51.9 Å². The second-order valence-electron chi connectivity index (χ2n) is 7.09. The predicted molar refractivity (Wildman–Crippen MR) is 121 cm³/mol. The van der Waals surface area contributed by atoms with Crippen LogP contribution in [0.1, 0.15) is 63.0 Å². The van der Waals surface area contributed by atoms with Crippen LogP contribution in [-0.2, 0) is 17.6 Å². The van der Waals surface area contributed by atoms with E-state index in [-0.39, 0.29) is 15.6 Å². The Morgan fingerprint density at radius 2 is 2.00 bits per heavy atom. The molecule has 2 rings (SSSR count). The molecule has 28 heavy (non-hydrogen) atoms. The zero-order valence-corrected chi connectivity index (χ0v) is 20.1. The van der Waals surface area contributed by atoms with Gasteiger partial charge in [-0.2, -0.15) is 0 Å². The van der Waals surface area contributed by atoms with Gasteiger partial charge in [-0.05, 0) is 46.3 Å². The number of aromatic nitrogens is 1. The minimum Gasteiger partial charge on any atom is -0.463 e. The summed E-state index contributed by atoms with van der Waals surface area (Å²) in [6.07, 6.45) is 9.67. The molecule has 2 heterocycles. The maximum Gasteiger partial charge on any atom is 0.358 e. The van der Waals surface area contributed by atoms with Crippen molar-refractivity contribution in [2.45, 2.75) is 56.5 Å². The Balaban J connectivity index is 1.97. The molecule has 1 atom stereocenters. The Morgan fingerprint density at radius 3 is 2.68 bits per heavy atom. The van der Waals surface area contributed by atoms with Crippen LogP contribution >= 0.6 is 33.9 Å². The summed E-state index contributed by atoms with van der Waals surface area (Å²) in [5.74, 6) is 1.14. The molecule has 154 valence electrons. The SMILES string of the molecule is CCOC(C)(C)/C=C\C(C)(I)c1nc(C(=O)OCC2=CCC=C(CC)O2)cs1. The molecule has 0 fully saturated rings. The van der Waals surface area contributed by atoms with E-state index in [0.29, 0.717) is 18.1 Å². The highest BCUT2D eigenvalue weighted by Gasteiger charge is 2.27. The molecular formula is C21H28INO4S. The van der Waals surface area contributed by atoms with Gasteiger partial charge >= 0.3 is 5.97 Å². The van der Waals surface area contributed by atoms with E-state index in [4.69, 9.17) is 14.2 Å². The fourth-order valence-corrected chi connectivity index (χ4v) is 4.03. The van der Waals surface area contributed by atoms with E-state index in [2.05, 4.69) is 40.6 Å². The van der Waals surface area contributed by atoms with Crippen molar-refractivity contribution in [1.82, 2.24) is 4.98 Å². The molecule has 0 radical (unpaired) electrons. The van der Waals surface area contributed by atoms with Gasteiger partial charge in [0, 0.05) is 18.4 Å². The molecule has 0 saturated carbocycles. The summed E-state index contributed by atoms with van der Waals surface area (Å²) in [5, 5.41) is 2.58. The number of thiazole rings is 1.